The third kappa shape index (κ3) is 4.69. The standard InChI is InChI=1S/C23H19ClFN3O4S/c1-32-19-5-3-2-4-15(19)12-28-22(30)21-18(8-9-33-21)27(23(28)31)13-20(29)26-11-14-6-7-17(25)16(24)10-14/h2-10H,11-13H2,1H3,(H,26,29). The second-order valence-corrected chi connectivity index (χ2v) is 8.56. The van der Waals surface area contributed by atoms with Crippen LogP contribution in [0.15, 0.2) is 63.5 Å². The van der Waals surface area contributed by atoms with Gasteiger partial charge in [-0.25, -0.2) is 9.18 Å². The Morgan fingerprint density at radius 2 is 1.94 bits per heavy atom. The van der Waals surface area contributed by atoms with Gasteiger partial charge in [0.1, 0.15) is 22.8 Å². The molecule has 0 aliphatic carbocycles. The molecule has 0 aliphatic rings. The van der Waals surface area contributed by atoms with Crippen molar-refractivity contribution in [1.29, 1.82) is 0 Å². The summed E-state index contributed by atoms with van der Waals surface area (Å²) >= 11 is 6.99. The third-order valence-corrected chi connectivity index (χ3v) is 6.31. The maximum atomic E-state index is 13.3. The molecule has 10 heteroatoms. The number of benzene rings is 2. The number of nitrogens with one attached hydrogen (secondary N) is 1. The highest BCUT2D eigenvalue weighted by atomic mass is 35.5. The van der Waals surface area contributed by atoms with E-state index in [0.29, 0.717) is 27.1 Å². The maximum absolute atomic E-state index is 13.3. The van der Waals surface area contributed by atoms with Crippen molar-refractivity contribution in [3.05, 3.63) is 96.7 Å². The summed E-state index contributed by atoms with van der Waals surface area (Å²) in [5, 5.41) is 4.36. The second kappa shape index (κ2) is 9.60. The molecule has 170 valence electrons. The van der Waals surface area contributed by atoms with Gasteiger partial charge >= 0.3 is 5.69 Å². The topological polar surface area (TPSA) is 82.3 Å². The Labute approximate surface area is 196 Å². The SMILES string of the molecule is COc1ccccc1Cn1c(=O)c2sccc2n(CC(=O)NCc2ccc(F)c(Cl)c2)c1=O. The molecule has 7 nitrogen and oxygen atoms in total. The molecule has 1 amide bonds. The average molecular weight is 488 g/mol. The van der Waals surface area contributed by atoms with Crippen molar-refractivity contribution in [3.63, 3.8) is 0 Å². The molecule has 0 aliphatic heterocycles. The molecule has 0 saturated heterocycles. The fraction of sp³-hybridized carbons (Fsp3) is 0.174. The molecule has 2 heterocycles. The van der Waals surface area contributed by atoms with E-state index in [-0.39, 0.29) is 24.7 Å². The Morgan fingerprint density at radius 3 is 2.70 bits per heavy atom. The number of halogens is 2. The van der Waals surface area contributed by atoms with Gasteiger partial charge in [0.05, 0.1) is 24.2 Å². The van der Waals surface area contributed by atoms with Gasteiger partial charge in [-0.2, -0.15) is 0 Å². The fourth-order valence-corrected chi connectivity index (χ4v) is 4.53. The number of hydrogen-bond acceptors (Lipinski definition) is 5. The summed E-state index contributed by atoms with van der Waals surface area (Å²) in [6.45, 7) is -0.167. The highest BCUT2D eigenvalue weighted by Gasteiger charge is 2.17. The summed E-state index contributed by atoms with van der Waals surface area (Å²) in [6, 6.07) is 12.9. The van der Waals surface area contributed by atoms with Gasteiger partial charge in [-0.05, 0) is 35.2 Å². The van der Waals surface area contributed by atoms with Crippen molar-refractivity contribution >= 4 is 39.1 Å². The van der Waals surface area contributed by atoms with Gasteiger partial charge in [-0.3, -0.25) is 18.7 Å². The molecule has 0 fully saturated rings. The largest absolute Gasteiger partial charge is 0.496 e. The lowest BCUT2D eigenvalue weighted by molar-refractivity contribution is -0.121. The zero-order valence-corrected chi connectivity index (χ0v) is 19.1. The second-order valence-electron chi connectivity index (χ2n) is 7.23. The van der Waals surface area contributed by atoms with Crippen molar-refractivity contribution in [2.75, 3.05) is 7.11 Å². The average Bonchev–Trinajstić information content (AvgIpc) is 3.30. The van der Waals surface area contributed by atoms with Crippen LogP contribution in [0.3, 0.4) is 0 Å². The van der Waals surface area contributed by atoms with Gasteiger partial charge in [0.25, 0.3) is 5.56 Å². The number of hydrogen-bond donors (Lipinski definition) is 1. The number of fused-ring (bicyclic) bond motifs is 1. The quantitative estimate of drug-likeness (QED) is 0.433. The van der Waals surface area contributed by atoms with Crippen LogP contribution in [-0.2, 0) is 24.4 Å². The molecule has 0 saturated carbocycles. The van der Waals surface area contributed by atoms with Crippen molar-refractivity contribution in [3.8, 4) is 5.75 Å². The van der Waals surface area contributed by atoms with E-state index in [9.17, 15) is 18.8 Å². The fourth-order valence-electron chi connectivity index (χ4n) is 3.48. The molecule has 0 atom stereocenters. The lowest BCUT2D eigenvalue weighted by Crippen LogP contribution is -2.42. The first-order valence-electron chi connectivity index (χ1n) is 9.92. The molecular weight excluding hydrogens is 469 g/mol. The van der Waals surface area contributed by atoms with Crippen LogP contribution in [0.4, 0.5) is 4.39 Å². The molecule has 0 unspecified atom stereocenters. The number of amides is 1. The summed E-state index contributed by atoms with van der Waals surface area (Å²) in [7, 11) is 1.51. The maximum Gasteiger partial charge on any atom is 0.332 e. The zero-order valence-electron chi connectivity index (χ0n) is 17.5. The smallest absolute Gasteiger partial charge is 0.332 e. The van der Waals surface area contributed by atoms with Gasteiger partial charge in [-0.1, -0.05) is 35.9 Å². The van der Waals surface area contributed by atoms with E-state index >= 15 is 0 Å². The Hall–Kier alpha value is -3.43. The van der Waals surface area contributed by atoms with Crippen LogP contribution in [0.2, 0.25) is 5.02 Å². The number of carbonyl (C=O) groups excluding carboxylic acids is 1. The monoisotopic (exact) mass is 487 g/mol. The summed E-state index contributed by atoms with van der Waals surface area (Å²) in [4.78, 5) is 38.9. The number of aromatic nitrogens is 2. The zero-order chi connectivity index (χ0) is 23.5. The summed E-state index contributed by atoms with van der Waals surface area (Å²) < 4.78 is 21.4. The number of thiophene rings is 1. The van der Waals surface area contributed by atoms with Gasteiger partial charge in [0.15, 0.2) is 0 Å². The first-order valence-corrected chi connectivity index (χ1v) is 11.2. The number of ether oxygens (including phenoxy) is 1. The van der Waals surface area contributed by atoms with Crippen LogP contribution < -0.4 is 21.3 Å². The van der Waals surface area contributed by atoms with Crippen LogP contribution in [-0.4, -0.2) is 22.2 Å². The predicted molar refractivity (Wildman–Crippen MR) is 126 cm³/mol. The molecule has 0 radical (unpaired) electrons. The molecular formula is C23H19ClFN3O4S. The number of para-hydroxylation sites is 1. The van der Waals surface area contributed by atoms with Crippen LogP contribution >= 0.6 is 22.9 Å². The minimum atomic E-state index is -0.600. The van der Waals surface area contributed by atoms with Gasteiger partial charge < -0.3 is 10.1 Å². The molecule has 4 rings (SSSR count). The highest BCUT2D eigenvalue weighted by molar-refractivity contribution is 7.17. The Balaban J connectivity index is 1.64. The molecule has 0 spiro atoms. The van der Waals surface area contributed by atoms with Crippen molar-refractivity contribution in [1.82, 2.24) is 14.5 Å². The lowest BCUT2D eigenvalue weighted by atomic mass is 10.2. The summed E-state index contributed by atoms with van der Waals surface area (Å²) in [5.74, 6) is -0.430. The molecule has 4 aromatic rings. The van der Waals surface area contributed by atoms with Crippen molar-refractivity contribution in [2.24, 2.45) is 0 Å². The van der Waals surface area contributed by atoms with Crippen LogP contribution in [0.1, 0.15) is 11.1 Å². The van der Waals surface area contributed by atoms with E-state index < -0.39 is 23.0 Å². The van der Waals surface area contributed by atoms with Crippen molar-refractivity contribution < 1.29 is 13.9 Å². The number of rotatable bonds is 7. The Kier molecular flexibility index (Phi) is 6.62. The molecule has 2 aromatic carbocycles. The van der Waals surface area contributed by atoms with E-state index in [2.05, 4.69) is 5.32 Å². The number of nitrogens with zero attached hydrogens (tertiary/aromatic N) is 2. The van der Waals surface area contributed by atoms with E-state index in [1.54, 1.807) is 35.7 Å². The van der Waals surface area contributed by atoms with E-state index in [0.717, 1.165) is 4.57 Å². The highest BCUT2D eigenvalue weighted by Crippen LogP contribution is 2.19. The number of methoxy groups -OCH3 is 1. The first kappa shape index (κ1) is 22.8. The van der Waals surface area contributed by atoms with Crippen LogP contribution in [0.5, 0.6) is 5.75 Å². The van der Waals surface area contributed by atoms with Gasteiger partial charge in [-0.15, -0.1) is 11.3 Å². The third-order valence-electron chi connectivity index (χ3n) is 5.13. The summed E-state index contributed by atoms with van der Waals surface area (Å²) in [5.41, 5.74) is 0.653. The van der Waals surface area contributed by atoms with Crippen LogP contribution in [0.25, 0.3) is 10.2 Å². The Morgan fingerprint density at radius 1 is 1.15 bits per heavy atom. The van der Waals surface area contributed by atoms with Gasteiger partial charge in [0, 0.05) is 12.1 Å². The van der Waals surface area contributed by atoms with E-state index in [1.165, 1.54) is 41.2 Å². The molecule has 33 heavy (non-hydrogen) atoms. The first-order chi connectivity index (χ1) is 15.9. The van der Waals surface area contributed by atoms with Crippen molar-refractivity contribution in [2.45, 2.75) is 19.6 Å². The Bertz CT molecular complexity index is 1460. The normalized spacial score (nSPS) is 11.0. The minimum Gasteiger partial charge on any atom is -0.496 e. The van der Waals surface area contributed by atoms with Crippen LogP contribution in [0, 0.1) is 5.82 Å². The predicted octanol–water partition coefficient (Wildman–Crippen LogP) is 3.39. The van der Waals surface area contributed by atoms with E-state index in [1.807, 2.05) is 0 Å². The molecule has 0 bridgehead atoms. The summed E-state index contributed by atoms with van der Waals surface area (Å²) in [6.07, 6.45) is 0. The molecule has 1 N–H and O–H groups in total. The lowest BCUT2D eigenvalue weighted by Gasteiger charge is -2.14. The molecule has 2 aromatic heterocycles. The number of carbonyl (C=O) groups is 1. The minimum absolute atomic E-state index is 0.00518. The van der Waals surface area contributed by atoms with Gasteiger partial charge in [0.2, 0.25) is 5.91 Å². The van der Waals surface area contributed by atoms with E-state index in [4.69, 9.17) is 16.3 Å².